The third kappa shape index (κ3) is 5.59. The largest absolute Gasteiger partial charge is 0.417 e. The van der Waals surface area contributed by atoms with E-state index >= 15 is 0 Å². The highest BCUT2D eigenvalue weighted by molar-refractivity contribution is 7.91. The van der Waals surface area contributed by atoms with Crippen LogP contribution in [0.1, 0.15) is 22.8 Å². The number of nitrogens with zero attached hydrogens (tertiary/aromatic N) is 2. The Balaban J connectivity index is 2.26. The van der Waals surface area contributed by atoms with Crippen LogP contribution in [0.3, 0.4) is 0 Å². The van der Waals surface area contributed by atoms with Crippen LogP contribution in [0, 0.1) is 5.82 Å². The lowest BCUT2D eigenvalue weighted by molar-refractivity contribution is -0.137. The molecule has 0 aliphatic rings. The molecule has 9 nitrogen and oxygen atoms in total. The molecule has 0 fully saturated rings. The molecule has 32 heavy (non-hydrogen) atoms. The number of benzene rings is 1. The maximum Gasteiger partial charge on any atom is 0.417 e. The number of aromatic nitrogens is 2. The second-order valence-electron chi connectivity index (χ2n) is 6.73. The standard InChI is InChI=1S/C17H15BF4N4O5S/c1-16(29,15(28)24-12-6-10(17(20,21)22)13(18)26-25-12)7-32(30,31)8-3-4-9(11(19)5-8)14(27)23-2/h3-6,29H,7H2,1-2H3,(H,23,27)(H,24,25,28)/t16-/m0/s1. The number of hydrogen-bond acceptors (Lipinski definition) is 7. The maximum atomic E-state index is 14.1. The van der Waals surface area contributed by atoms with Crippen molar-refractivity contribution < 1.29 is 40.7 Å². The average Bonchev–Trinajstić information content (AvgIpc) is 2.67. The van der Waals surface area contributed by atoms with E-state index in [1.165, 1.54) is 7.05 Å². The van der Waals surface area contributed by atoms with Gasteiger partial charge in [-0.05, 0) is 31.2 Å². The quantitative estimate of drug-likeness (QED) is 0.394. The molecule has 1 heterocycles. The number of nitrogens with one attached hydrogen (secondary N) is 2. The van der Waals surface area contributed by atoms with Crippen LogP contribution in [-0.4, -0.2) is 61.8 Å². The lowest BCUT2D eigenvalue weighted by Gasteiger charge is -2.22. The van der Waals surface area contributed by atoms with Gasteiger partial charge in [0.15, 0.2) is 21.3 Å². The number of aliphatic hydroxyl groups is 1. The number of carbonyl (C=O) groups is 2. The first kappa shape index (κ1) is 25.2. The Kier molecular flexibility index (Phi) is 6.95. The van der Waals surface area contributed by atoms with Crippen molar-refractivity contribution in [3.63, 3.8) is 0 Å². The summed E-state index contributed by atoms with van der Waals surface area (Å²) in [6.07, 6.45) is -4.91. The smallest absolute Gasteiger partial charge is 0.379 e. The third-order valence-corrected chi connectivity index (χ3v) is 6.02. The molecular weight excluding hydrogens is 459 g/mol. The normalized spacial score (nSPS) is 13.8. The van der Waals surface area contributed by atoms with Gasteiger partial charge < -0.3 is 15.7 Å². The van der Waals surface area contributed by atoms with Gasteiger partial charge in [0.05, 0.1) is 21.8 Å². The monoisotopic (exact) mass is 474 g/mol. The highest BCUT2D eigenvalue weighted by atomic mass is 32.2. The Morgan fingerprint density at radius 3 is 2.34 bits per heavy atom. The Morgan fingerprint density at radius 2 is 1.81 bits per heavy atom. The van der Waals surface area contributed by atoms with Gasteiger partial charge in [0.2, 0.25) is 0 Å². The van der Waals surface area contributed by atoms with Gasteiger partial charge in [-0.1, -0.05) is 0 Å². The van der Waals surface area contributed by atoms with Crippen molar-refractivity contribution in [1.29, 1.82) is 0 Å². The van der Waals surface area contributed by atoms with Crippen molar-refractivity contribution in [3.05, 3.63) is 41.2 Å². The van der Waals surface area contributed by atoms with Gasteiger partial charge in [-0.2, -0.15) is 18.3 Å². The molecule has 1 atom stereocenters. The van der Waals surface area contributed by atoms with Crippen LogP contribution < -0.4 is 16.2 Å². The van der Waals surface area contributed by atoms with E-state index in [9.17, 15) is 40.7 Å². The molecule has 15 heteroatoms. The fraction of sp³-hybridized carbons (Fsp3) is 0.294. The van der Waals surface area contributed by atoms with Crippen molar-refractivity contribution in [1.82, 2.24) is 15.5 Å². The number of hydrogen-bond donors (Lipinski definition) is 3. The second kappa shape index (κ2) is 8.82. The van der Waals surface area contributed by atoms with Crippen LogP contribution >= 0.6 is 0 Å². The minimum atomic E-state index is -4.91. The average molecular weight is 474 g/mol. The van der Waals surface area contributed by atoms with Gasteiger partial charge in [-0.25, -0.2) is 12.8 Å². The molecule has 1 aromatic heterocycles. The molecule has 2 radical (unpaired) electrons. The molecule has 0 saturated heterocycles. The van der Waals surface area contributed by atoms with Crippen LogP contribution in [0.25, 0.3) is 0 Å². The van der Waals surface area contributed by atoms with Crippen LogP contribution in [-0.2, 0) is 20.8 Å². The molecule has 2 amide bonds. The van der Waals surface area contributed by atoms with E-state index < -0.39 is 72.4 Å². The number of carbonyl (C=O) groups excluding carboxylic acids is 2. The fourth-order valence-corrected chi connectivity index (χ4v) is 4.06. The van der Waals surface area contributed by atoms with Gasteiger partial charge in [0.1, 0.15) is 13.7 Å². The van der Waals surface area contributed by atoms with Crippen molar-refractivity contribution in [2.24, 2.45) is 0 Å². The van der Waals surface area contributed by atoms with Crippen LogP contribution in [0.2, 0.25) is 0 Å². The summed E-state index contributed by atoms with van der Waals surface area (Å²) in [5, 5.41) is 20.6. The zero-order valence-electron chi connectivity index (χ0n) is 16.5. The Bertz CT molecular complexity index is 1170. The first-order chi connectivity index (χ1) is 14.6. The number of anilines is 1. The van der Waals surface area contributed by atoms with Crippen LogP contribution in [0.15, 0.2) is 29.2 Å². The summed E-state index contributed by atoms with van der Waals surface area (Å²) in [6, 6.07) is 2.70. The molecular formula is C17H15BF4N4O5S. The van der Waals surface area contributed by atoms with E-state index in [4.69, 9.17) is 7.85 Å². The van der Waals surface area contributed by atoms with Crippen molar-refractivity contribution in [3.8, 4) is 0 Å². The van der Waals surface area contributed by atoms with Crippen LogP contribution in [0.5, 0.6) is 0 Å². The molecule has 0 bridgehead atoms. The van der Waals surface area contributed by atoms with Crippen molar-refractivity contribution >= 4 is 40.9 Å². The lowest BCUT2D eigenvalue weighted by atomic mass is 9.98. The summed E-state index contributed by atoms with van der Waals surface area (Å²) in [4.78, 5) is 23.2. The molecule has 0 saturated carbocycles. The van der Waals surface area contributed by atoms with E-state index in [2.05, 4.69) is 15.5 Å². The van der Waals surface area contributed by atoms with E-state index in [0.717, 1.165) is 19.1 Å². The topological polar surface area (TPSA) is 138 Å². The zero-order chi connectivity index (χ0) is 24.5. The molecule has 1 aromatic carbocycles. The summed E-state index contributed by atoms with van der Waals surface area (Å²) < 4.78 is 77.9. The first-order valence-electron chi connectivity index (χ1n) is 8.57. The summed E-state index contributed by atoms with van der Waals surface area (Å²) in [7, 11) is 1.86. The third-order valence-electron chi connectivity index (χ3n) is 4.10. The number of rotatable bonds is 6. The molecule has 0 spiro atoms. The summed E-state index contributed by atoms with van der Waals surface area (Å²) in [5.41, 5.74) is -5.46. The predicted molar refractivity (Wildman–Crippen MR) is 104 cm³/mol. The molecule has 3 N–H and O–H groups in total. The van der Waals surface area contributed by atoms with E-state index in [1.54, 1.807) is 0 Å². The molecule has 2 rings (SSSR count). The van der Waals surface area contributed by atoms with Gasteiger partial charge >= 0.3 is 6.18 Å². The number of alkyl halides is 3. The number of sulfone groups is 1. The molecule has 0 unspecified atom stereocenters. The number of halogens is 4. The SMILES string of the molecule is [B]c1nnc(NC(=O)[C@@](C)(O)CS(=O)(=O)c2ccc(C(=O)NC)c(F)c2)cc1C(F)(F)F. The summed E-state index contributed by atoms with van der Waals surface area (Å²) >= 11 is 0. The maximum absolute atomic E-state index is 14.1. The Labute approximate surface area is 180 Å². The molecule has 0 aliphatic carbocycles. The molecule has 0 aliphatic heterocycles. The Hall–Kier alpha value is -3.07. The molecule has 170 valence electrons. The zero-order valence-corrected chi connectivity index (χ0v) is 17.3. The Morgan fingerprint density at radius 1 is 1.19 bits per heavy atom. The first-order valence-corrected chi connectivity index (χ1v) is 10.2. The van der Waals surface area contributed by atoms with Crippen LogP contribution in [0.4, 0.5) is 23.4 Å². The molecule has 2 aromatic rings. The van der Waals surface area contributed by atoms with E-state index in [0.29, 0.717) is 12.1 Å². The van der Waals surface area contributed by atoms with Crippen molar-refractivity contribution in [2.75, 3.05) is 18.1 Å². The fourth-order valence-electron chi connectivity index (χ4n) is 2.47. The van der Waals surface area contributed by atoms with Gasteiger partial charge in [-0.15, -0.1) is 5.10 Å². The highest BCUT2D eigenvalue weighted by Crippen LogP contribution is 2.28. The number of amides is 2. The predicted octanol–water partition coefficient (Wildman–Crippen LogP) is -0.0487. The minimum Gasteiger partial charge on any atom is -0.379 e. The van der Waals surface area contributed by atoms with E-state index in [-0.39, 0.29) is 0 Å². The van der Waals surface area contributed by atoms with Gasteiger partial charge in [0.25, 0.3) is 11.8 Å². The van der Waals surface area contributed by atoms with Crippen molar-refractivity contribution in [2.45, 2.75) is 23.6 Å². The van der Waals surface area contributed by atoms with E-state index in [1.807, 2.05) is 5.32 Å². The van der Waals surface area contributed by atoms with Gasteiger partial charge in [0, 0.05) is 12.6 Å². The van der Waals surface area contributed by atoms with Gasteiger partial charge in [-0.3, -0.25) is 9.59 Å². The minimum absolute atomic E-state index is 0.359. The summed E-state index contributed by atoms with van der Waals surface area (Å²) in [5.74, 6) is -5.39. The summed E-state index contributed by atoms with van der Waals surface area (Å²) in [6.45, 7) is 0.782. The highest BCUT2D eigenvalue weighted by Gasteiger charge is 2.38. The lowest BCUT2D eigenvalue weighted by Crippen LogP contribution is -2.46. The second-order valence-corrected chi connectivity index (χ2v) is 8.72.